The maximum Gasteiger partial charge on any atom is 0.306 e. The first-order valence-corrected chi connectivity index (χ1v) is 34.5. The van der Waals surface area contributed by atoms with E-state index < -0.39 is 6.10 Å². The molecule has 0 amide bonds. The van der Waals surface area contributed by atoms with Crippen LogP contribution in [0, 0.1) is 0 Å². The van der Waals surface area contributed by atoms with Gasteiger partial charge in [-0.15, -0.1) is 0 Å². The predicted molar refractivity (Wildman–Crippen MR) is 335 cm³/mol. The Hall–Kier alpha value is -2.37. The lowest BCUT2D eigenvalue weighted by Crippen LogP contribution is -2.30. The summed E-state index contributed by atoms with van der Waals surface area (Å²) in [6, 6.07) is 0. The fourth-order valence-corrected chi connectivity index (χ4v) is 10.4. The largest absolute Gasteiger partial charge is 0.462 e. The third-order valence-electron chi connectivity index (χ3n) is 15.6. The Morgan fingerprint density at radius 1 is 0.260 bits per heavy atom. The predicted octanol–water partition coefficient (Wildman–Crippen LogP) is 23.6. The van der Waals surface area contributed by atoms with Gasteiger partial charge in [0.2, 0.25) is 0 Å². The summed E-state index contributed by atoms with van der Waals surface area (Å²) in [5, 5.41) is 0. The molecule has 1 atom stereocenters. The molecule has 0 aliphatic heterocycles. The van der Waals surface area contributed by atoms with E-state index in [1.165, 1.54) is 270 Å². The summed E-state index contributed by atoms with van der Waals surface area (Å²) in [5.41, 5.74) is 0. The third-order valence-corrected chi connectivity index (χ3v) is 15.6. The van der Waals surface area contributed by atoms with Gasteiger partial charge < -0.3 is 14.2 Å². The molecule has 452 valence electrons. The number of unbranched alkanes of at least 4 members (excludes halogenated alkanes) is 47. The normalized spacial score (nSPS) is 12.2. The van der Waals surface area contributed by atoms with Gasteiger partial charge in [-0.25, -0.2) is 0 Å². The zero-order chi connectivity index (χ0) is 55.7. The van der Waals surface area contributed by atoms with E-state index >= 15 is 0 Å². The molecule has 0 bridgehead atoms. The molecular formula is C71H132O6. The molecule has 0 aromatic rings. The third kappa shape index (κ3) is 64.3. The van der Waals surface area contributed by atoms with Gasteiger partial charge in [-0.05, 0) is 77.0 Å². The highest BCUT2D eigenvalue weighted by Crippen LogP contribution is 2.18. The number of esters is 3. The average molecular weight is 1080 g/mol. The number of carbonyl (C=O) groups excluding carboxylic acids is 3. The smallest absolute Gasteiger partial charge is 0.306 e. The van der Waals surface area contributed by atoms with Gasteiger partial charge in [-0.3, -0.25) is 14.4 Å². The number of ether oxygens (including phenoxy) is 3. The van der Waals surface area contributed by atoms with E-state index in [2.05, 4.69) is 57.2 Å². The zero-order valence-electron chi connectivity index (χ0n) is 52.0. The topological polar surface area (TPSA) is 78.9 Å². The van der Waals surface area contributed by atoms with Crippen molar-refractivity contribution in [2.75, 3.05) is 13.2 Å². The van der Waals surface area contributed by atoms with Crippen LogP contribution >= 0.6 is 0 Å². The van der Waals surface area contributed by atoms with Crippen molar-refractivity contribution in [1.82, 2.24) is 0 Å². The molecule has 6 heteroatoms. The van der Waals surface area contributed by atoms with E-state index in [1.54, 1.807) is 0 Å². The van der Waals surface area contributed by atoms with E-state index in [9.17, 15) is 14.4 Å². The molecule has 0 fully saturated rings. The van der Waals surface area contributed by atoms with Crippen molar-refractivity contribution in [3.05, 3.63) is 36.5 Å². The Morgan fingerprint density at radius 2 is 0.468 bits per heavy atom. The maximum absolute atomic E-state index is 12.9. The van der Waals surface area contributed by atoms with Gasteiger partial charge in [0.25, 0.3) is 0 Å². The first kappa shape index (κ1) is 74.6. The Labute approximate surface area is 480 Å². The molecule has 0 saturated carbocycles. The molecule has 0 radical (unpaired) electrons. The lowest BCUT2D eigenvalue weighted by molar-refractivity contribution is -0.167. The van der Waals surface area contributed by atoms with Crippen LogP contribution in [-0.4, -0.2) is 37.2 Å². The van der Waals surface area contributed by atoms with Crippen LogP contribution in [0.25, 0.3) is 0 Å². The number of carbonyl (C=O) groups is 3. The molecule has 0 saturated heterocycles. The van der Waals surface area contributed by atoms with Gasteiger partial charge >= 0.3 is 17.9 Å². The molecule has 1 unspecified atom stereocenters. The summed E-state index contributed by atoms with van der Waals surface area (Å²) in [7, 11) is 0. The van der Waals surface area contributed by atoms with Crippen LogP contribution in [0.15, 0.2) is 36.5 Å². The number of hydrogen-bond donors (Lipinski definition) is 0. The molecule has 6 nitrogen and oxygen atoms in total. The number of hydrogen-bond acceptors (Lipinski definition) is 6. The molecule has 0 aliphatic rings. The Morgan fingerprint density at radius 3 is 0.727 bits per heavy atom. The minimum atomic E-state index is -0.772. The first-order chi connectivity index (χ1) is 38.0. The van der Waals surface area contributed by atoms with Gasteiger partial charge in [0.15, 0.2) is 6.10 Å². The second kappa shape index (κ2) is 66.1. The lowest BCUT2D eigenvalue weighted by Gasteiger charge is -2.18. The summed E-state index contributed by atoms with van der Waals surface area (Å²) in [5.74, 6) is -0.854. The summed E-state index contributed by atoms with van der Waals surface area (Å²) in [4.78, 5) is 38.2. The van der Waals surface area contributed by atoms with Crippen LogP contribution in [0.4, 0.5) is 0 Å². The van der Waals surface area contributed by atoms with Crippen molar-refractivity contribution in [2.24, 2.45) is 0 Å². The van der Waals surface area contributed by atoms with Gasteiger partial charge in [0.05, 0.1) is 0 Å². The number of rotatable bonds is 64. The van der Waals surface area contributed by atoms with Crippen LogP contribution in [0.3, 0.4) is 0 Å². The monoisotopic (exact) mass is 1080 g/mol. The minimum absolute atomic E-state index is 0.0695. The standard InChI is InChI=1S/C71H132O6/c1-4-7-10-13-16-19-22-24-26-27-28-29-30-31-32-33-34-35-36-37-38-39-40-41-42-43-45-46-49-52-55-58-61-64-70(73)76-67-68(66-75-69(72)63-60-57-54-51-48-21-18-15-12-9-6-3)77-71(74)65-62-59-56-53-50-47-44-25-23-20-17-14-11-8-5-2/h22,24-25,27-28,44,68H,4-21,23,26,29-43,45-67H2,1-3H3/b24-22-,28-27-,44-25-. The van der Waals surface area contributed by atoms with Crippen molar-refractivity contribution in [1.29, 1.82) is 0 Å². The fraction of sp³-hybridized carbons (Fsp3) is 0.873. The van der Waals surface area contributed by atoms with Crippen LogP contribution in [0.2, 0.25) is 0 Å². The lowest BCUT2D eigenvalue weighted by atomic mass is 10.0. The highest BCUT2D eigenvalue weighted by molar-refractivity contribution is 5.71. The zero-order valence-corrected chi connectivity index (χ0v) is 52.0. The highest BCUT2D eigenvalue weighted by Gasteiger charge is 2.19. The van der Waals surface area contributed by atoms with Crippen LogP contribution < -0.4 is 0 Å². The van der Waals surface area contributed by atoms with Crippen LogP contribution in [0.1, 0.15) is 380 Å². The molecule has 0 rings (SSSR count). The maximum atomic E-state index is 12.9. The van der Waals surface area contributed by atoms with E-state index in [1.807, 2.05) is 0 Å². The van der Waals surface area contributed by atoms with Crippen LogP contribution in [0.5, 0.6) is 0 Å². The molecule has 0 aromatic carbocycles. The first-order valence-electron chi connectivity index (χ1n) is 34.5. The van der Waals surface area contributed by atoms with E-state index in [0.29, 0.717) is 19.3 Å². The van der Waals surface area contributed by atoms with Crippen LogP contribution in [-0.2, 0) is 28.6 Å². The van der Waals surface area contributed by atoms with E-state index in [0.717, 1.165) is 70.6 Å². The average Bonchev–Trinajstić information content (AvgIpc) is 3.43. The SMILES string of the molecule is CCCCCCC/C=C\C/C=C\CCCCCCCCCCCCCCCCCCCCCCCC(=O)OCC(COC(=O)CCCCCCCCCCCCC)OC(=O)CCCCCCC/C=C\CCCCCCCC. The van der Waals surface area contributed by atoms with E-state index in [-0.39, 0.29) is 31.1 Å². The molecule has 0 N–H and O–H groups in total. The van der Waals surface area contributed by atoms with E-state index in [4.69, 9.17) is 14.2 Å². The Kier molecular flexibility index (Phi) is 64.1. The molecule has 0 heterocycles. The van der Waals surface area contributed by atoms with Crippen molar-refractivity contribution in [3.8, 4) is 0 Å². The summed E-state index contributed by atoms with van der Waals surface area (Å²) < 4.78 is 16.9. The van der Waals surface area contributed by atoms with Gasteiger partial charge in [-0.2, -0.15) is 0 Å². The minimum Gasteiger partial charge on any atom is -0.462 e. The van der Waals surface area contributed by atoms with Crippen molar-refractivity contribution < 1.29 is 28.6 Å². The Balaban J connectivity index is 4.05. The molecular weight excluding hydrogens is 949 g/mol. The van der Waals surface area contributed by atoms with Crippen molar-refractivity contribution >= 4 is 17.9 Å². The molecule has 0 aliphatic carbocycles. The quantitative estimate of drug-likeness (QED) is 0.0261. The summed E-state index contributed by atoms with van der Waals surface area (Å²) in [6.07, 6.45) is 81.9. The van der Waals surface area contributed by atoms with Crippen molar-refractivity contribution in [2.45, 2.75) is 386 Å². The second-order valence-electron chi connectivity index (χ2n) is 23.4. The molecule has 0 spiro atoms. The fourth-order valence-electron chi connectivity index (χ4n) is 10.4. The number of allylic oxidation sites excluding steroid dienone is 6. The molecule has 0 aromatic heterocycles. The summed E-state index contributed by atoms with van der Waals surface area (Å²) in [6.45, 7) is 6.67. The second-order valence-corrected chi connectivity index (χ2v) is 23.4. The van der Waals surface area contributed by atoms with Gasteiger partial charge in [0, 0.05) is 19.3 Å². The molecule has 77 heavy (non-hydrogen) atoms. The summed E-state index contributed by atoms with van der Waals surface area (Å²) >= 11 is 0. The Bertz CT molecular complexity index is 1290. The highest BCUT2D eigenvalue weighted by atomic mass is 16.6. The van der Waals surface area contributed by atoms with Crippen molar-refractivity contribution in [3.63, 3.8) is 0 Å². The van der Waals surface area contributed by atoms with Gasteiger partial charge in [0.1, 0.15) is 13.2 Å². The van der Waals surface area contributed by atoms with Gasteiger partial charge in [-0.1, -0.05) is 320 Å².